The van der Waals surface area contributed by atoms with Crippen LogP contribution in [0, 0.1) is 0 Å². The third kappa shape index (κ3) is 28.2. The smallest absolute Gasteiger partial charge is 0.252 e. The second-order valence-corrected chi connectivity index (χ2v) is 56.6. The van der Waals surface area contributed by atoms with Gasteiger partial charge in [0.2, 0.25) is 40.1 Å². The Morgan fingerprint density at radius 3 is 0.591 bits per heavy atom. The average molecular weight is 2060 g/mol. The van der Waals surface area contributed by atoms with E-state index in [1.54, 1.807) is 153 Å². The fourth-order valence-corrected chi connectivity index (χ4v) is 30.0. The van der Waals surface area contributed by atoms with Crippen molar-refractivity contribution in [1.29, 1.82) is 0 Å². The topological polar surface area (TPSA) is 428 Å². The van der Waals surface area contributed by atoms with E-state index in [0.717, 1.165) is 45.0 Å². The van der Waals surface area contributed by atoms with Gasteiger partial charge in [-0.1, -0.05) is 100 Å². The van der Waals surface area contributed by atoms with E-state index in [-0.39, 0.29) is 93.4 Å². The quantitative estimate of drug-likeness (QED) is 0.0181. The van der Waals surface area contributed by atoms with Crippen LogP contribution in [-0.2, 0) is 103 Å². The molecule has 0 bridgehead atoms. The number of hydrogen-bond acceptors (Lipinski definition) is 28. The van der Waals surface area contributed by atoms with Crippen LogP contribution in [0.15, 0.2) is 184 Å². The van der Waals surface area contributed by atoms with E-state index in [4.69, 9.17) is 0 Å². The van der Waals surface area contributed by atoms with Crippen LogP contribution in [0.1, 0.15) is 159 Å². The number of thiophene rings is 4. The first kappa shape index (κ1) is 110. The summed E-state index contributed by atoms with van der Waals surface area (Å²) in [7, 11) is -28.6. The first-order valence-electron chi connectivity index (χ1n) is 43.9. The van der Waals surface area contributed by atoms with Gasteiger partial charge in [0.05, 0.1) is 67.6 Å². The molecule has 8 heterocycles. The molecule has 4 aliphatic rings. The lowest BCUT2D eigenvalue weighted by Gasteiger charge is -2.42. The molecule has 12 rings (SSSR count). The molecule has 44 heteroatoms. The molecule has 4 fully saturated rings. The van der Waals surface area contributed by atoms with Crippen molar-refractivity contribution in [1.82, 2.24) is 36.1 Å². The van der Waals surface area contributed by atoms with Gasteiger partial charge in [0.1, 0.15) is 16.8 Å². The molecule has 0 radical (unpaired) electrons. The molecule has 4 saturated heterocycles. The van der Waals surface area contributed by atoms with Crippen molar-refractivity contribution < 1.29 is 87.8 Å². The second kappa shape index (κ2) is 45.3. The molecule has 132 heavy (non-hydrogen) atoms. The number of piperazine rings is 4. The molecule has 4 aliphatic heterocycles. The van der Waals surface area contributed by atoms with Crippen molar-refractivity contribution in [3.05, 3.63) is 189 Å². The van der Waals surface area contributed by atoms with E-state index in [1.165, 1.54) is 62.6 Å². The van der Waals surface area contributed by atoms with Gasteiger partial charge < -0.3 is 40.0 Å². The van der Waals surface area contributed by atoms with E-state index in [2.05, 4.69) is 18.9 Å². The maximum Gasteiger partial charge on any atom is 0.252 e. The van der Waals surface area contributed by atoms with Crippen LogP contribution in [-0.4, -0.2) is 255 Å². The molecule has 4 aromatic carbocycles. The normalized spacial score (nSPS) is 19.5. The van der Waals surface area contributed by atoms with E-state index in [9.17, 15) is 87.8 Å². The highest BCUT2D eigenvalue weighted by Gasteiger charge is 2.42. The van der Waals surface area contributed by atoms with Crippen molar-refractivity contribution in [2.45, 2.75) is 221 Å². The van der Waals surface area contributed by atoms with Gasteiger partial charge >= 0.3 is 0 Å². The lowest BCUT2D eigenvalue weighted by atomic mass is 9.98. The van der Waals surface area contributed by atoms with Crippen LogP contribution in [0.3, 0.4) is 0 Å². The zero-order valence-electron chi connectivity index (χ0n) is 77.7. The zero-order valence-corrected chi connectivity index (χ0v) is 87.5. The molecular formula is C88H132N12O20S12. The summed E-state index contributed by atoms with van der Waals surface area (Å²) >= 11 is 4.69. The summed E-state index contributed by atoms with van der Waals surface area (Å²) in [6.45, 7) is 31.5. The standard InChI is InChI=1S/4C22H33N3O5S3/c4*1-5-17(2)32(27,28)23-15-20-16-24(33(29,30)21-7-6-14-31-21)12-13-25(20)19-10-8-18(9-11-19)22(3,4)26/h4*6-11,14,17,20,23,26H,5,12-13,15-16H2,1-4H3/t2*17-,20+;2*17-,20-/m1100/s1. The average Bonchev–Trinajstić information content (AvgIpc) is 1.36. The number of anilines is 4. The summed E-state index contributed by atoms with van der Waals surface area (Å²) in [6.07, 6.45) is 1.95. The van der Waals surface area contributed by atoms with Crippen molar-refractivity contribution in [3.63, 3.8) is 0 Å². The molecule has 4 aromatic heterocycles. The second-order valence-electron chi connectivity index (χ2n) is 35.4. The van der Waals surface area contributed by atoms with Crippen LogP contribution in [0.25, 0.3) is 0 Å². The molecule has 0 spiro atoms. The van der Waals surface area contributed by atoms with Gasteiger partial charge in [0.25, 0.3) is 40.1 Å². The summed E-state index contributed by atoms with van der Waals surface area (Å²) in [4.78, 5) is 8.14. The maximum absolute atomic E-state index is 13.1. The fourth-order valence-electron chi connectivity index (χ4n) is 14.9. The highest BCUT2D eigenvalue weighted by atomic mass is 32.3. The minimum atomic E-state index is -3.64. The summed E-state index contributed by atoms with van der Waals surface area (Å²) in [5.74, 6) is 0. The molecule has 0 amide bonds. The van der Waals surface area contributed by atoms with Gasteiger partial charge in [-0.3, -0.25) is 0 Å². The van der Waals surface area contributed by atoms with Crippen LogP contribution >= 0.6 is 45.3 Å². The van der Waals surface area contributed by atoms with Crippen molar-refractivity contribution >= 4 is 148 Å². The fraction of sp³-hybridized carbons (Fsp3) is 0.545. The van der Waals surface area contributed by atoms with Crippen LogP contribution < -0.4 is 38.5 Å². The molecule has 736 valence electrons. The summed E-state index contributed by atoms with van der Waals surface area (Å²) < 4.78 is 223. The van der Waals surface area contributed by atoms with E-state index in [1.807, 2.05) is 144 Å². The molecular weight excluding hydrogens is 1930 g/mol. The van der Waals surface area contributed by atoms with Crippen molar-refractivity contribution in [2.24, 2.45) is 0 Å². The Labute approximate surface area is 799 Å². The number of rotatable bonds is 36. The van der Waals surface area contributed by atoms with Crippen molar-refractivity contribution in [2.75, 3.05) is 124 Å². The Morgan fingerprint density at radius 2 is 0.455 bits per heavy atom. The minimum absolute atomic E-state index is 0.0936. The molecule has 0 aliphatic carbocycles. The number of benzene rings is 4. The van der Waals surface area contributed by atoms with Gasteiger partial charge in [0, 0.05) is 127 Å². The Hall–Kier alpha value is -6.00. The van der Waals surface area contributed by atoms with Gasteiger partial charge in [0.15, 0.2) is 0 Å². The maximum atomic E-state index is 13.1. The largest absolute Gasteiger partial charge is 0.386 e. The Balaban J connectivity index is 0.000000198. The monoisotopic (exact) mass is 2060 g/mol. The molecule has 32 nitrogen and oxygen atoms in total. The molecule has 0 saturated carbocycles. The van der Waals surface area contributed by atoms with Crippen molar-refractivity contribution in [3.8, 4) is 0 Å². The van der Waals surface area contributed by atoms with Crippen LogP contribution in [0.4, 0.5) is 22.7 Å². The van der Waals surface area contributed by atoms with Gasteiger partial charge in [-0.05, 0) is 225 Å². The minimum Gasteiger partial charge on any atom is -0.386 e. The summed E-state index contributed by atoms with van der Waals surface area (Å²) in [6, 6.07) is 41.4. The predicted octanol–water partition coefficient (Wildman–Crippen LogP) is 10.3. The number of nitrogens with one attached hydrogen (secondary N) is 4. The third-order valence-corrected chi connectivity index (χ3v) is 45.1. The first-order chi connectivity index (χ1) is 61.4. The third-order valence-electron chi connectivity index (χ3n) is 24.3. The van der Waals surface area contributed by atoms with E-state index in [0.29, 0.717) is 78.0 Å². The highest BCUT2D eigenvalue weighted by molar-refractivity contribution is 7.93. The van der Waals surface area contributed by atoms with Gasteiger partial charge in [-0.25, -0.2) is 86.2 Å². The lowest BCUT2D eigenvalue weighted by Crippen LogP contribution is -2.58. The Kier molecular flexibility index (Phi) is 37.6. The predicted molar refractivity (Wildman–Crippen MR) is 530 cm³/mol. The highest BCUT2D eigenvalue weighted by Crippen LogP contribution is 2.36. The number of hydrogen-bond donors (Lipinski definition) is 8. The summed E-state index contributed by atoms with van der Waals surface area (Å²) in [5, 5.41) is 45.7. The molecule has 0 unspecified atom stereocenters. The molecule has 8 aromatic rings. The molecule has 8 atom stereocenters. The SMILES string of the molecule is CC[C@@H](C)S(=O)(=O)NC[C@H]1CN(S(=O)(=O)c2cccs2)CCN1c1ccc(C(C)(C)O)cc1.CC[C@@H](C)S(=O)(=O)NC[C@H]1CN(S(=O)(=O)c2cccs2)CCN1c1ccc(C(C)(C)O)cc1.CC[C@H](C)S(=O)(=O)NC[C@H]1CN(S(=O)(=O)c2cccs2)CCN1c1ccc(C(C)(C)O)cc1.CC[C@H](C)S(=O)(=O)NC[C@H]1CN(S(=O)(=O)c2cccs2)CCN1c1ccc(C(C)(C)O)cc1. The summed E-state index contributed by atoms with van der Waals surface area (Å²) in [5.41, 5.74) is 2.56. The van der Waals surface area contributed by atoms with Crippen LogP contribution in [0.5, 0.6) is 0 Å². The number of sulfonamides is 8. The number of aliphatic hydroxyl groups is 4. The van der Waals surface area contributed by atoms with E-state index < -0.39 is 124 Å². The first-order valence-corrected chi connectivity index (χ1v) is 59.4. The van der Waals surface area contributed by atoms with Gasteiger partial charge in [-0.15, -0.1) is 45.3 Å². The van der Waals surface area contributed by atoms with E-state index >= 15 is 0 Å². The lowest BCUT2D eigenvalue weighted by molar-refractivity contribution is 0.0780. The van der Waals surface area contributed by atoms with Gasteiger partial charge in [-0.2, -0.15) is 17.2 Å². The Bertz CT molecular complexity index is 5230. The zero-order chi connectivity index (χ0) is 97.8. The molecule has 8 N–H and O–H groups in total. The van der Waals surface area contributed by atoms with Crippen LogP contribution in [0.2, 0.25) is 0 Å². The number of nitrogens with zero attached hydrogens (tertiary/aromatic N) is 8. The Morgan fingerprint density at radius 1 is 0.288 bits per heavy atom.